The van der Waals surface area contributed by atoms with Gasteiger partial charge in [0.1, 0.15) is 23.6 Å². The van der Waals surface area contributed by atoms with Crippen molar-refractivity contribution < 1.29 is 9.47 Å². The van der Waals surface area contributed by atoms with E-state index in [4.69, 9.17) is 9.47 Å². The number of benzene rings is 1. The fraction of sp³-hybridized carbons (Fsp3) is 0.389. The molecule has 1 saturated heterocycles. The Balaban J connectivity index is 1.63. The van der Waals surface area contributed by atoms with Gasteiger partial charge in [0, 0.05) is 31.3 Å². The van der Waals surface area contributed by atoms with E-state index >= 15 is 0 Å². The molecule has 0 atom stereocenters. The molecule has 0 aliphatic carbocycles. The molecule has 1 aromatic carbocycles. The summed E-state index contributed by atoms with van der Waals surface area (Å²) in [6.07, 6.45) is 1.58. The molecule has 1 aliphatic heterocycles. The number of nitrogens with zero attached hydrogens (tertiary/aromatic N) is 4. The molecule has 0 bridgehead atoms. The van der Waals surface area contributed by atoms with E-state index in [-0.39, 0.29) is 0 Å². The maximum atomic E-state index is 5.47. The van der Waals surface area contributed by atoms with Crippen LogP contribution in [0.4, 0.5) is 5.82 Å². The van der Waals surface area contributed by atoms with Gasteiger partial charge in [-0.15, -0.1) is 0 Å². The number of nitrogens with one attached hydrogen (secondary N) is 2. The molecular formula is C18H22N6O2. The fourth-order valence-electron chi connectivity index (χ4n) is 3.15. The molecule has 0 saturated carbocycles. The van der Waals surface area contributed by atoms with Crippen LogP contribution >= 0.6 is 0 Å². The second kappa shape index (κ2) is 6.80. The van der Waals surface area contributed by atoms with Crippen molar-refractivity contribution in [2.75, 3.05) is 32.6 Å². The Morgan fingerprint density at radius 3 is 2.77 bits per heavy atom. The summed E-state index contributed by atoms with van der Waals surface area (Å²) in [6.45, 7) is 4.42. The summed E-state index contributed by atoms with van der Waals surface area (Å²) in [6, 6.07) is 6.14. The molecule has 0 amide bonds. The third-order valence-electron chi connectivity index (χ3n) is 4.71. The highest BCUT2D eigenvalue weighted by Gasteiger charge is 2.24. The lowest BCUT2D eigenvalue weighted by Gasteiger charge is -2.27. The van der Waals surface area contributed by atoms with Gasteiger partial charge in [0.05, 0.1) is 31.3 Å². The number of hydrogen-bond acceptors (Lipinski definition) is 7. The molecule has 8 heteroatoms. The van der Waals surface area contributed by atoms with E-state index in [1.54, 1.807) is 20.5 Å². The summed E-state index contributed by atoms with van der Waals surface area (Å²) >= 11 is 0. The largest absolute Gasteiger partial charge is 0.497 e. The van der Waals surface area contributed by atoms with E-state index in [9.17, 15) is 0 Å². The molecule has 0 spiro atoms. The predicted molar refractivity (Wildman–Crippen MR) is 98.8 cm³/mol. The van der Waals surface area contributed by atoms with E-state index in [2.05, 4.69) is 25.7 Å². The van der Waals surface area contributed by atoms with E-state index in [0.29, 0.717) is 12.6 Å². The van der Waals surface area contributed by atoms with E-state index in [1.807, 2.05) is 29.8 Å². The van der Waals surface area contributed by atoms with Gasteiger partial charge in [0.25, 0.3) is 0 Å². The number of ether oxygens (including phenoxy) is 2. The van der Waals surface area contributed by atoms with Crippen molar-refractivity contribution in [3.63, 3.8) is 0 Å². The van der Waals surface area contributed by atoms with Crippen LogP contribution in [0, 0.1) is 6.92 Å². The van der Waals surface area contributed by atoms with Crippen LogP contribution < -0.4 is 20.1 Å². The quantitative estimate of drug-likeness (QED) is 0.699. The Bertz CT molecular complexity index is 935. The predicted octanol–water partition coefficient (Wildman–Crippen LogP) is 1.91. The van der Waals surface area contributed by atoms with Gasteiger partial charge in [-0.25, -0.2) is 14.6 Å². The number of rotatable bonds is 6. The first-order valence-electron chi connectivity index (χ1n) is 8.56. The Morgan fingerprint density at radius 1 is 1.23 bits per heavy atom. The maximum absolute atomic E-state index is 5.47. The number of fused-ring (bicyclic) bond motifs is 1. The summed E-state index contributed by atoms with van der Waals surface area (Å²) in [5.41, 5.74) is 2.82. The zero-order chi connectivity index (χ0) is 18.1. The lowest BCUT2D eigenvalue weighted by molar-refractivity contribution is 0.324. The van der Waals surface area contributed by atoms with Gasteiger partial charge in [-0.2, -0.15) is 5.10 Å². The molecule has 1 aliphatic rings. The Labute approximate surface area is 151 Å². The lowest BCUT2D eigenvalue weighted by atomic mass is 10.2. The average molecular weight is 354 g/mol. The Morgan fingerprint density at radius 2 is 2.08 bits per heavy atom. The number of methoxy groups -OCH3 is 2. The van der Waals surface area contributed by atoms with Crippen LogP contribution in [0.25, 0.3) is 11.0 Å². The summed E-state index contributed by atoms with van der Waals surface area (Å²) < 4.78 is 12.7. The second-order valence-electron chi connectivity index (χ2n) is 6.29. The Kier molecular flexibility index (Phi) is 4.34. The van der Waals surface area contributed by atoms with Gasteiger partial charge in [-0.05, 0) is 19.1 Å². The Hall–Kier alpha value is -2.87. The molecule has 0 radical (unpaired) electrons. The van der Waals surface area contributed by atoms with Crippen LogP contribution in [0.2, 0.25) is 0 Å². The third kappa shape index (κ3) is 2.82. The van der Waals surface area contributed by atoms with Gasteiger partial charge in [0.15, 0.2) is 5.65 Å². The molecule has 26 heavy (non-hydrogen) atoms. The number of anilines is 1. The smallest absolute Gasteiger partial charge is 0.163 e. The van der Waals surface area contributed by atoms with Crippen LogP contribution in [-0.4, -0.2) is 47.1 Å². The lowest BCUT2D eigenvalue weighted by Crippen LogP contribution is -2.43. The standard InChI is InChI=1S/C18H22N6O2/c1-11-16-17(20-7-12-4-5-14(25-2)6-15(12)26-3)21-10-22-18(16)24(23-11)13-8-19-9-13/h4-6,10,13,19H,7-9H2,1-3H3,(H,20,21,22). The second-order valence-corrected chi connectivity index (χ2v) is 6.29. The van der Waals surface area contributed by atoms with Gasteiger partial charge in [-0.1, -0.05) is 0 Å². The zero-order valence-electron chi connectivity index (χ0n) is 15.1. The van der Waals surface area contributed by atoms with Crippen molar-refractivity contribution in [1.82, 2.24) is 25.1 Å². The number of aromatic nitrogens is 4. The highest BCUT2D eigenvalue weighted by molar-refractivity contribution is 5.89. The molecule has 3 aromatic rings. The maximum Gasteiger partial charge on any atom is 0.163 e. The molecule has 0 unspecified atom stereocenters. The molecular weight excluding hydrogens is 332 g/mol. The van der Waals surface area contributed by atoms with Crippen molar-refractivity contribution in [3.05, 3.63) is 35.8 Å². The summed E-state index contributed by atoms with van der Waals surface area (Å²) in [5, 5.41) is 12.3. The first kappa shape index (κ1) is 16.6. The molecule has 2 N–H and O–H groups in total. The van der Waals surface area contributed by atoms with Crippen molar-refractivity contribution in [1.29, 1.82) is 0 Å². The minimum absolute atomic E-state index is 0.357. The van der Waals surface area contributed by atoms with Crippen molar-refractivity contribution >= 4 is 16.9 Å². The van der Waals surface area contributed by atoms with Crippen LogP contribution in [0.5, 0.6) is 11.5 Å². The first-order chi connectivity index (χ1) is 12.7. The summed E-state index contributed by atoms with van der Waals surface area (Å²) in [7, 11) is 3.30. The van der Waals surface area contributed by atoms with E-state index in [1.165, 1.54) is 0 Å². The minimum Gasteiger partial charge on any atom is -0.497 e. The van der Waals surface area contributed by atoms with Gasteiger partial charge >= 0.3 is 0 Å². The van der Waals surface area contributed by atoms with Crippen molar-refractivity contribution in [3.8, 4) is 11.5 Å². The van der Waals surface area contributed by atoms with Crippen LogP contribution in [0.15, 0.2) is 24.5 Å². The average Bonchev–Trinajstić information content (AvgIpc) is 2.95. The normalized spacial score (nSPS) is 14.3. The van der Waals surface area contributed by atoms with Gasteiger partial charge in [-0.3, -0.25) is 0 Å². The van der Waals surface area contributed by atoms with Crippen molar-refractivity contribution in [2.45, 2.75) is 19.5 Å². The molecule has 1 fully saturated rings. The molecule has 4 rings (SSSR count). The third-order valence-corrected chi connectivity index (χ3v) is 4.71. The molecule has 136 valence electrons. The highest BCUT2D eigenvalue weighted by Crippen LogP contribution is 2.28. The summed E-state index contributed by atoms with van der Waals surface area (Å²) in [4.78, 5) is 8.89. The van der Waals surface area contributed by atoms with Gasteiger partial charge < -0.3 is 20.1 Å². The highest BCUT2D eigenvalue weighted by atomic mass is 16.5. The monoisotopic (exact) mass is 354 g/mol. The van der Waals surface area contributed by atoms with E-state index < -0.39 is 0 Å². The fourth-order valence-corrected chi connectivity index (χ4v) is 3.15. The molecule has 3 heterocycles. The molecule has 2 aromatic heterocycles. The zero-order valence-corrected chi connectivity index (χ0v) is 15.1. The SMILES string of the molecule is COc1ccc(CNc2ncnc3c2c(C)nn3C2CNC2)c(OC)c1. The van der Waals surface area contributed by atoms with Crippen molar-refractivity contribution in [2.24, 2.45) is 0 Å². The van der Waals surface area contributed by atoms with E-state index in [0.717, 1.165) is 52.7 Å². The van der Waals surface area contributed by atoms with Gasteiger partial charge in [0.2, 0.25) is 0 Å². The topological polar surface area (TPSA) is 86.1 Å². The molecule has 8 nitrogen and oxygen atoms in total. The van der Waals surface area contributed by atoms with Crippen LogP contribution in [0.1, 0.15) is 17.3 Å². The minimum atomic E-state index is 0.357. The van der Waals surface area contributed by atoms with Crippen LogP contribution in [-0.2, 0) is 6.54 Å². The first-order valence-corrected chi connectivity index (χ1v) is 8.56. The summed E-state index contributed by atoms with van der Waals surface area (Å²) in [5.74, 6) is 2.32. The number of aryl methyl sites for hydroxylation is 1. The number of hydrogen-bond donors (Lipinski definition) is 2. The van der Waals surface area contributed by atoms with Crippen LogP contribution in [0.3, 0.4) is 0 Å².